The Kier molecular flexibility index (Phi) is 4.60. The molecule has 1 aromatic heterocycles. The SMILES string of the molecule is CCC(C)[S+]([O-])c1nc(OS(C)(=O)=O)cs1. The summed E-state index contributed by atoms with van der Waals surface area (Å²) in [5.41, 5.74) is 0. The second-order valence-electron chi connectivity index (χ2n) is 3.26. The summed E-state index contributed by atoms with van der Waals surface area (Å²) in [5.74, 6) is -0.0147. The summed E-state index contributed by atoms with van der Waals surface area (Å²) in [6.45, 7) is 3.79. The molecule has 0 bridgehead atoms. The monoisotopic (exact) mass is 283 g/mol. The fraction of sp³-hybridized carbons (Fsp3) is 0.625. The molecule has 16 heavy (non-hydrogen) atoms. The zero-order valence-electron chi connectivity index (χ0n) is 9.17. The van der Waals surface area contributed by atoms with Crippen LogP contribution in [0.15, 0.2) is 9.72 Å². The van der Waals surface area contributed by atoms with Crippen molar-refractivity contribution in [3.05, 3.63) is 5.38 Å². The second-order valence-corrected chi connectivity index (χ2v) is 7.73. The third kappa shape index (κ3) is 3.93. The van der Waals surface area contributed by atoms with Gasteiger partial charge in [-0.1, -0.05) is 18.3 Å². The zero-order chi connectivity index (χ0) is 12.3. The summed E-state index contributed by atoms with van der Waals surface area (Å²) >= 11 is -0.0618. The van der Waals surface area contributed by atoms with Crippen LogP contribution in [-0.4, -0.2) is 29.5 Å². The van der Waals surface area contributed by atoms with Crippen LogP contribution in [0.2, 0.25) is 0 Å². The first-order valence-corrected chi connectivity index (χ1v) is 8.50. The van der Waals surface area contributed by atoms with Gasteiger partial charge in [0.15, 0.2) is 0 Å². The van der Waals surface area contributed by atoms with Crippen LogP contribution in [0.1, 0.15) is 20.3 Å². The van der Waals surface area contributed by atoms with Gasteiger partial charge in [-0.3, -0.25) is 0 Å². The summed E-state index contributed by atoms with van der Waals surface area (Å²) < 4.78 is 38.5. The van der Waals surface area contributed by atoms with Crippen LogP contribution in [0.4, 0.5) is 0 Å². The van der Waals surface area contributed by atoms with Crippen molar-refractivity contribution in [1.82, 2.24) is 4.98 Å². The molecule has 0 aliphatic carbocycles. The molecule has 0 radical (unpaired) electrons. The lowest BCUT2D eigenvalue weighted by Crippen LogP contribution is -2.16. The molecule has 0 fully saturated rings. The maximum Gasteiger partial charge on any atom is 0.307 e. The van der Waals surface area contributed by atoms with Crippen molar-refractivity contribution >= 4 is 32.6 Å². The molecule has 5 nitrogen and oxygen atoms in total. The van der Waals surface area contributed by atoms with Gasteiger partial charge >= 0.3 is 14.5 Å². The van der Waals surface area contributed by atoms with Crippen molar-refractivity contribution in [2.45, 2.75) is 29.9 Å². The highest BCUT2D eigenvalue weighted by Gasteiger charge is 2.23. The summed E-state index contributed by atoms with van der Waals surface area (Å²) in [7, 11) is -3.57. The standard InChI is InChI=1S/C8H13NO4S3/c1-4-6(2)15(10)8-9-7(5-14-8)13-16(3,11)12/h5-6H,4H2,1-3H3. The Balaban J connectivity index is 2.79. The van der Waals surface area contributed by atoms with E-state index in [1.807, 2.05) is 13.8 Å². The van der Waals surface area contributed by atoms with Gasteiger partial charge in [0.25, 0.3) is 0 Å². The fourth-order valence-corrected chi connectivity index (χ4v) is 3.60. The predicted octanol–water partition coefficient (Wildman–Crippen LogP) is 1.39. The van der Waals surface area contributed by atoms with E-state index in [2.05, 4.69) is 9.17 Å². The van der Waals surface area contributed by atoms with Gasteiger partial charge in [-0.2, -0.15) is 13.4 Å². The number of nitrogens with zero attached hydrogens (tertiary/aromatic N) is 1. The van der Waals surface area contributed by atoms with E-state index in [0.717, 1.165) is 24.0 Å². The minimum absolute atomic E-state index is 0.00256. The molecule has 92 valence electrons. The smallest absolute Gasteiger partial charge is 0.307 e. The van der Waals surface area contributed by atoms with E-state index >= 15 is 0 Å². The lowest BCUT2D eigenvalue weighted by molar-refractivity contribution is 0.482. The summed E-state index contributed by atoms with van der Waals surface area (Å²) in [4.78, 5) is 3.88. The number of hydrogen-bond acceptors (Lipinski definition) is 6. The number of aromatic nitrogens is 1. The van der Waals surface area contributed by atoms with Crippen molar-refractivity contribution in [3.63, 3.8) is 0 Å². The molecule has 2 atom stereocenters. The van der Waals surface area contributed by atoms with Crippen LogP contribution in [0.5, 0.6) is 5.88 Å². The Morgan fingerprint density at radius 2 is 2.31 bits per heavy atom. The van der Waals surface area contributed by atoms with E-state index in [0.29, 0.717) is 4.34 Å². The van der Waals surface area contributed by atoms with E-state index < -0.39 is 21.3 Å². The molecule has 0 saturated heterocycles. The van der Waals surface area contributed by atoms with Crippen molar-refractivity contribution < 1.29 is 17.2 Å². The van der Waals surface area contributed by atoms with E-state index in [4.69, 9.17) is 0 Å². The summed E-state index contributed by atoms with van der Waals surface area (Å²) in [6.07, 6.45) is 1.71. The van der Waals surface area contributed by atoms with Gasteiger partial charge in [-0.15, -0.1) is 0 Å². The largest absolute Gasteiger partial charge is 0.609 e. The highest BCUT2D eigenvalue weighted by Crippen LogP contribution is 2.25. The molecule has 0 saturated carbocycles. The molecular weight excluding hydrogens is 270 g/mol. The summed E-state index contributed by atoms with van der Waals surface area (Å²) in [6, 6.07) is 0. The Morgan fingerprint density at radius 3 is 2.81 bits per heavy atom. The van der Waals surface area contributed by atoms with Gasteiger partial charge < -0.3 is 8.74 Å². The zero-order valence-corrected chi connectivity index (χ0v) is 11.6. The maximum absolute atomic E-state index is 11.8. The van der Waals surface area contributed by atoms with E-state index in [9.17, 15) is 13.0 Å². The second kappa shape index (κ2) is 5.35. The van der Waals surface area contributed by atoms with Gasteiger partial charge in [0.2, 0.25) is 5.88 Å². The van der Waals surface area contributed by atoms with Crippen LogP contribution < -0.4 is 4.18 Å². The molecule has 8 heteroatoms. The predicted molar refractivity (Wildman–Crippen MR) is 63.7 cm³/mol. The molecule has 0 aliphatic heterocycles. The number of thiazole rings is 1. The molecular formula is C8H13NO4S3. The van der Waals surface area contributed by atoms with E-state index in [-0.39, 0.29) is 11.1 Å². The Labute approximate surface area is 102 Å². The van der Waals surface area contributed by atoms with Crippen LogP contribution >= 0.6 is 11.3 Å². The number of rotatable bonds is 5. The molecule has 2 unspecified atom stereocenters. The molecule has 0 aliphatic rings. The molecule has 1 aromatic rings. The number of hydrogen-bond donors (Lipinski definition) is 0. The Morgan fingerprint density at radius 1 is 1.69 bits per heavy atom. The molecule has 1 heterocycles. The van der Waals surface area contributed by atoms with Crippen LogP contribution in [0.25, 0.3) is 0 Å². The van der Waals surface area contributed by atoms with Gasteiger partial charge in [-0.05, 0) is 13.3 Å². The highest BCUT2D eigenvalue weighted by atomic mass is 32.2. The lowest BCUT2D eigenvalue weighted by Gasteiger charge is -2.12. The van der Waals surface area contributed by atoms with Gasteiger partial charge in [0.05, 0.1) is 11.6 Å². The first-order valence-electron chi connectivity index (χ1n) is 4.59. The van der Waals surface area contributed by atoms with Crippen LogP contribution in [0, 0.1) is 0 Å². The maximum atomic E-state index is 11.8. The topological polar surface area (TPSA) is 79.3 Å². The minimum Gasteiger partial charge on any atom is -0.609 e. The molecule has 0 amide bonds. The lowest BCUT2D eigenvalue weighted by atomic mass is 10.4. The van der Waals surface area contributed by atoms with Gasteiger partial charge in [-0.25, -0.2) is 0 Å². The molecule has 1 rings (SSSR count). The van der Waals surface area contributed by atoms with Crippen LogP contribution in [-0.2, 0) is 21.3 Å². The van der Waals surface area contributed by atoms with E-state index in [1.165, 1.54) is 5.38 Å². The normalized spacial score (nSPS) is 15.8. The van der Waals surface area contributed by atoms with Crippen molar-refractivity contribution in [2.75, 3.05) is 6.26 Å². The molecule has 0 spiro atoms. The van der Waals surface area contributed by atoms with E-state index in [1.54, 1.807) is 0 Å². The van der Waals surface area contributed by atoms with Crippen molar-refractivity contribution in [3.8, 4) is 5.88 Å². The third-order valence-electron chi connectivity index (χ3n) is 1.81. The Hall–Kier alpha value is -0.310. The highest BCUT2D eigenvalue weighted by molar-refractivity contribution is 7.93. The first kappa shape index (κ1) is 13.8. The average Bonchev–Trinajstić information content (AvgIpc) is 2.61. The van der Waals surface area contributed by atoms with Crippen molar-refractivity contribution in [2.24, 2.45) is 0 Å². The van der Waals surface area contributed by atoms with Crippen LogP contribution in [0.3, 0.4) is 0 Å². The third-order valence-corrected chi connectivity index (χ3v) is 5.18. The van der Waals surface area contributed by atoms with Gasteiger partial charge in [0.1, 0.15) is 5.25 Å². The average molecular weight is 283 g/mol. The summed E-state index contributed by atoms with van der Waals surface area (Å²) in [5, 5.41) is 1.44. The fourth-order valence-electron chi connectivity index (χ4n) is 0.853. The minimum atomic E-state index is -3.57. The first-order chi connectivity index (χ1) is 7.33. The Bertz CT molecular complexity index is 442. The quantitative estimate of drug-likeness (QED) is 0.602. The van der Waals surface area contributed by atoms with Crippen molar-refractivity contribution in [1.29, 1.82) is 0 Å². The molecule has 0 N–H and O–H groups in total. The molecule has 0 aromatic carbocycles. The van der Waals surface area contributed by atoms with Gasteiger partial charge in [0, 0.05) is 11.2 Å².